The van der Waals surface area contributed by atoms with E-state index in [0.717, 1.165) is 47.7 Å². The summed E-state index contributed by atoms with van der Waals surface area (Å²) in [4.78, 5) is 14.5. The molecule has 222 valence electrons. The van der Waals surface area contributed by atoms with Gasteiger partial charge in [0.05, 0.1) is 34.8 Å². The minimum atomic E-state index is -0.979. The van der Waals surface area contributed by atoms with E-state index in [4.69, 9.17) is 16.1 Å². The van der Waals surface area contributed by atoms with Gasteiger partial charge in [0.25, 0.3) is 0 Å². The highest BCUT2D eigenvalue weighted by atomic mass is 16.5. The van der Waals surface area contributed by atoms with Gasteiger partial charge >= 0.3 is 0 Å². The van der Waals surface area contributed by atoms with Gasteiger partial charge in [0, 0.05) is 60.3 Å². The van der Waals surface area contributed by atoms with Crippen molar-refractivity contribution in [1.29, 1.82) is 5.26 Å². The molecular weight excluding hydrogens is 550 g/mol. The second-order valence-corrected chi connectivity index (χ2v) is 12.8. The average Bonchev–Trinajstić information content (AvgIpc) is 3.42. The lowest BCUT2D eigenvalue weighted by Gasteiger charge is -2.60. The smallest absolute Gasteiger partial charge is 0.138 e. The van der Waals surface area contributed by atoms with Crippen LogP contribution in [-0.2, 0) is 0 Å². The molecule has 8 rings (SSSR count). The average molecular weight is 586 g/mol. The summed E-state index contributed by atoms with van der Waals surface area (Å²) in [5, 5.41) is 24.2. The second kappa shape index (κ2) is 10.8. The largest absolute Gasteiger partial charge is 0.489 e. The van der Waals surface area contributed by atoms with E-state index in [2.05, 4.69) is 57.0 Å². The molecule has 3 fully saturated rings. The van der Waals surface area contributed by atoms with Crippen molar-refractivity contribution in [1.82, 2.24) is 24.5 Å². The lowest BCUT2D eigenvalue weighted by Crippen LogP contribution is -2.71. The topological polar surface area (TPSA) is 103 Å². The molecule has 0 radical (unpaired) electrons. The Labute approximate surface area is 257 Å². The number of hydrogen-bond acceptors (Lipinski definition) is 8. The van der Waals surface area contributed by atoms with E-state index in [0.29, 0.717) is 40.9 Å². The van der Waals surface area contributed by atoms with Gasteiger partial charge in [-0.2, -0.15) is 10.4 Å². The van der Waals surface area contributed by atoms with E-state index in [1.807, 2.05) is 24.4 Å². The maximum absolute atomic E-state index is 10.1. The predicted molar refractivity (Wildman–Crippen MR) is 169 cm³/mol. The van der Waals surface area contributed by atoms with E-state index in [-0.39, 0.29) is 6.61 Å². The zero-order chi connectivity index (χ0) is 30.6. The Morgan fingerprint density at radius 1 is 1.14 bits per heavy atom. The molecule has 4 aromatic heterocycles. The van der Waals surface area contributed by atoms with E-state index in [1.165, 1.54) is 12.0 Å². The zero-order valence-electron chi connectivity index (χ0n) is 25.2. The normalized spacial score (nSPS) is 21.9. The zero-order valence-corrected chi connectivity index (χ0v) is 25.2. The fraction of sp³-hybridized carbons (Fsp3) is 0.371. The van der Waals surface area contributed by atoms with Crippen molar-refractivity contribution in [2.75, 3.05) is 24.6 Å². The molecule has 0 amide bonds. The highest BCUT2D eigenvalue weighted by Crippen LogP contribution is 2.43. The summed E-state index contributed by atoms with van der Waals surface area (Å²) in [6.07, 6.45) is 17.1. The van der Waals surface area contributed by atoms with Crippen LogP contribution in [0, 0.1) is 29.6 Å². The Kier molecular flexibility index (Phi) is 6.88. The van der Waals surface area contributed by atoms with E-state index < -0.39 is 5.60 Å². The third kappa shape index (κ3) is 5.09. The molecule has 44 heavy (non-hydrogen) atoms. The minimum Gasteiger partial charge on any atom is -0.489 e. The molecule has 3 aliphatic heterocycles. The molecule has 9 heteroatoms. The van der Waals surface area contributed by atoms with Crippen LogP contribution in [0.3, 0.4) is 0 Å². The number of aromatic nitrogens is 4. The molecule has 1 N–H and O–H groups in total. The number of nitrogens with zero attached hydrogens (tertiary/aromatic N) is 7. The Morgan fingerprint density at radius 2 is 1.93 bits per heavy atom. The SMILES string of the molecule is C#Cc1ccc(C2=CC(C(C)N3C4CC3CN(c3ccc(-c5cc(OCC(C)(C)O)cn6ncc(C#N)c56)cn3)C4)C2)nc1. The number of nitriles is 1. The van der Waals surface area contributed by atoms with E-state index in [1.54, 1.807) is 37.0 Å². The standard InChI is InChI=1S/C35H35N7O2/c1-5-23-6-8-32(37-15-23)26-10-25(11-26)22(2)42-28-12-29(42)19-40(18-28)33-9-7-24(16-38-33)31-13-30(44-21-35(3,4)43)20-41-34(31)27(14-36)17-39-41/h1,6-10,13,15-17,20,22,25,28-29,43H,11-12,18-19,21H2,2-4H3. The van der Waals surface area contributed by atoms with Gasteiger partial charge in [0.15, 0.2) is 0 Å². The highest BCUT2D eigenvalue weighted by molar-refractivity contribution is 5.85. The fourth-order valence-corrected chi connectivity index (χ4v) is 6.83. The summed E-state index contributed by atoms with van der Waals surface area (Å²) in [7, 11) is 0. The highest BCUT2D eigenvalue weighted by Gasteiger charge is 2.49. The van der Waals surface area contributed by atoms with Crippen LogP contribution in [0.1, 0.15) is 50.4 Å². The van der Waals surface area contributed by atoms with Crippen LogP contribution in [0.5, 0.6) is 5.75 Å². The first-order chi connectivity index (χ1) is 21.2. The predicted octanol–water partition coefficient (Wildman–Crippen LogP) is 4.55. The summed E-state index contributed by atoms with van der Waals surface area (Å²) in [5.74, 6) is 4.69. The van der Waals surface area contributed by atoms with Crippen LogP contribution in [-0.4, -0.2) is 73.0 Å². The molecule has 7 heterocycles. The first-order valence-electron chi connectivity index (χ1n) is 15.1. The van der Waals surface area contributed by atoms with Crippen molar-refractivity contribution in [2.24, 2.45) is 5.92 Å². The first kappa shape index (κ1) is 28.1. The number of anilines is 1. The van der Waals surface area contributed by atoms with Gasteiger partial charge in [-0.05, 0) is 75.4 Å². The summed E-state index contributed by atoms with van der Waals surface area (Å²) in [6.45, 7) is 7.80. The number of pyridine rings is 3. The van der Waals surface area contributed by atoms with Crippen LogP contribution in [0.4, 0.5) is 5.82 Å². The molecule has 9 nitrogen and oxygen atoms in total. The lowest BCUT2D eigenvalue weighted by molar-refractivity contribution is -0.0464. The van der Waals surface area contributed by atoms with Gasteiger partial charge in [0.1, 0.15) is 24.2 Å². The Bertz CT molecular complexity index is 1810. The third-order valence-electron chi connectivity index (χ3n) is 9.15. The van der Waals surface area contributed by atoms with Crippen LogP contribution in [0.15, 0.2) is 61.2 Å². The molecule has 4 unspecified atom stereocenters. The lowest BCUT2D eigenvalue weighted by atomic mass is 9.75. The number of allylic oxidation sites excluding steroid dienone is 1. The van der Waals surface area contributed by atoms with Crippen LogP contribution >= 0.6 is 0 Å². The van der Waals surface area contributed by atoms with Crippen molar-refractivity contribution in [3.63, 3.8) is 0 Å². The number of aliphatic hydroxyl groups is 1. The van der Waals surface area contributed by atoms with Crippen molar-refractivity contribution >= 4 is 16.9 Å². The summed E-state index contributed by atoms with van der Waals surface area (Å²) >= 11 is 0. The number of fused-ring (bicyclic) bond motifs is 3. The van der Waals surface area contributed by atoms with Gasteiger partial charge in [-0.3, -0.25) is 9.88 Å². The molecule has 0 aromatic carbocycles. The summed E-state index contributed by atoms with van der Waals surface area (Å²) < 4.78 is 7.53. The molecular formula is C35H35N7O2. The van der Waals surface area contributed by atoms with E-state index in [9.17, 15) is 10.4 Å². The number of piperidine rings is 1. The van der Waals surface area contributed by atoms with Gasteiger partial charge < -0.3 is 14.7 Å². The Balaban J connectivity index is 1.04. The Hall–Kier alpha value is -4.70. The van der Waals surface area contributed by atoms with Gasteiger partial charge in [-0.15, -0.1) is 6.42 Å². The molecule has 3 saturated heterocycles. The number of rotatable bonds is 8. The Morgan fingerprint density at radius 3 is 2.57 bits per heavy atom. The monoisotopic (exact) mass is 585 g/mol. The molecule has 4 aromatic rings. The maximum Gasteiger partial charge on any atom is 0.138 e. The quantitative estimate of drug-likeness (QED) is 0.301. The minimum absolute atomic E-state index is 0.130. The molecule has 0 saturated carbocycles. The van der Waals surface area contributed by atoms with Gasteiger partial charge in [0.2, 0.25) is 0 Å². The van der Waals surface area contributed by atoms with Crippen molar-refractivity contribution in [2.45, 2.75) is 57.3 Å². The van der Waals surface area contributed by atoms with Crippen molar-refractivity contribution in [3.05, 3.63) is 78.0 Å². The number of terminal acetylenes is 1. The molecule has 1 aliphatic carbocycles. The molecule has 4 aliphatic rings. The number of ether oxygens (including phenoxy) is 1. The summed E-state index contributed by atoms with van der Waals surface area (Å²) in [6, 6.07) is 13.8. The third-order valence-corrected chi connectivity index (χ3v) is 9.15. The summed E-state index contributed by atoms with van der Waals surface area (Å²) in [5.41, 5.74) is 5.04. The van der Waals surface area contributed by atoms with Crippen LogP contribution in [0.2, 0.25) is 0 Å². The number of piperazine rings is 1. The van der Waals surface area contributed by atoms with Gasteiger partial charge in [-0.1, -0.05) is 12.0 Å². The van der Waals surface area contributed by atoms with Crippen LogP contribution in [0.25, 0.3) is 22.2 Å². The maximum atomic E-state index is 10.1. The first-order valence-corrected chi connectivity index (χ1v) is 15.1. The van der Waals surface area contributed by atoms with Crippen molar-refractivity contribution in [3.8, 4) is 35.3 Å². The van der Waals surface area contributed by atoms with Crippen molar-refractivity contribution < 1.29 is 9.84 Å². The molecule has 2 bridgehead atoms. The second-order valence-electron chi connectivity index (χ2n) is 12.8. The number of hydrogen-bond donors (Lipinski definition) is 1. The molecule has 4 atom stereocenters. The fourth-order valence-electron chi connectivity index (χ4n) is 6.83. The van der Waals surface area contributed by atoms with E-state index >= 15 is 0 Å². The molecule has 0 spiro atoms. The van der Waals surface area contributed by atoms with Gasteiger partial charge in [-0.25, -0.2) is 9.50 Å². The van der Waals surface area contributed by atoms with Crippen LogP contribution < -0.4 is 9.64 Å².